The Balaban J connectivity index is 2.40. The van der Waals surface area contributed by atoms with E-state index >= 15 is 0 Å². The van der Waals surface area contributed by atoms with Gasteiger partial charge in [-0.05, 0) is 45.0 Å². The third-order valence-electron chi connectivity index (χ3n) is 3.33. The van der Waals surface area contributed by atoms with Gasteiger partial charge in [0.2, 0.25) is 0 Å². The lowest BCUT2D eigenvalue weighted by Crippen LogP contribution is -2.21. The van der Waals surface area contributed by atoms with Crippen LogP contribution in [-0.4, -0.2) is 19.1 Å². The van der Waals surface area contributed by atoms with Gasteiger partial charge in [0, 0.05) is 5.56 Å². The van der Waals surface area contributed by atoms with Gasteiger partial charge in [-0.2, -0.15) is 0 Å². The minimum absolute atomic E-state index is 0.247. The Morgan fingerprint density at radius 2 is 1.67 bits per heavy atom. The van der Waals surface area contributed by atoms with Gasteiger partial charge in [0.25, 0.3) is 5.91 Å². The second kappa shape index (κ2) is 8.25. The maximum Gasteiger partial charge on any atom is 0.363 e. The topological polar surface area (TPSA) is 64.6 Å². The third-order valence-corrected chi connectivity index (χ3v) is 5.49. The zero-order chi connectivity index (χ0) is 17.6. The molecular weight excluding hydrogens is 325 g/mol. The summed E-state index contributed by atoms with van der Waals surface area (Å²) in [6.45, 7) is 5.89. The van der Waals surface area contributed by atoms with Crippen molar-refractivity contribution in [2.24, 2.45) is 0 Å². The van der Waals surface area contributed by atoms with Crippen molar-refractivity contribution < 1.29 is 18.4 Å². The van der Waals surface area contributed by atoms with Crippen LogP contribution in [-0.2, 0) is 13.6 Å². The molecular formula is C18H22NO4P. The van der Waals surface area contributed by atoms with E-state index in [1.165, 1.54) is 0 Å². The Bertz CT molecular complexity index is 736. The largest absolute Gasteiger partial charge is 0.363 e. The Kier molecular flexibility index (Phi) is 6.32. The van der Waals surface area contributed by atoms with Gasteiger partial charge < -0.3 is 14.4 Å². The first-order valence-electron chi connectivity index (χ1n) is 7.87. The van der Waals surface area contributed by atoms with Crippen LogP contribution in [0.15, 0.2) is 48.5 Å². The van der Waals surface area contributed by atoms with Crippen molar-refractivity contribution in [3.63, 3.8) is 0 Å². The fourth-order valence-electron chi connectivity index (χ4n) is 2.27. The molecule has 0 unspecified atom stereocenters. The highest BCUT2D eigenvalue weighted by molar-refractivity contribution is 7.62. The first-order valence-corrected chi connectivity index (χ1v) is 9.41. The van der Waals surface area contributed by atoms with Gasteiger partial charge >= 0.3 is 7.60 Å². The van der Waals surface area contributed by atoms with E-state index in [4.69, 9.17) is 9.05 Å². The van der Waals surface area contributed by atoms with Crippen LogP contribution in [0.3, 0.4) is 0 Å². The maximum absolute atomic E-state index is 13.1. The number of anilines is 1. The monoisotopic (exact) mass is 347 g/mol. The van der Waals surface area contributed by atoms with E-state index in [0.717, 1.165) is 5.56 Å². The quantitative estimate of drug-likeness (QED) is 0.765. The summed E-state index contributed by atoms with van der Waals surface area (Å²) < 4.78 is 24.0. The predicted molar refractivity (Wildman–Crippen MR) is 96.1 cm³/mol. The van der Waals surface area contributed by atoms with Crippen LogP contribution in [0.2, 0.25) is 0 Å². The lowest BCUT2D eigenvalue weighted by Gasteiger charge is -2.21. The molecule has 1 amide bonds. The fourth-order valence-corrected chi connectivity index (χ4v) is 4.09. The Morgan fingerprint density at radius 1 is 1.04 bits per heavy atom. The number of nitrogens with one attached hydrogen (secondary N) is 1. The average molecular weight is 347 g/mol. The van der Waals surface area contributed by atoms with Crippen LogP contribution < -0.4 is 10.6 Å². The standard InChI is InChI=1S/C18H22NO4P/c1-4-22-24(21,23-5-2)17-13-14(3)11-12-16(17)19-18(20)15-9-7-6-8-10-15/h6-13H,4-5H2,1-3H3,(H,19,20). The molecule has 0 saturated heterocycles. The van der Waals surface area contributed by atoms with E-state index in [-0.39, 0.29) is 19.1 Å². The van der Waals surface area contributed by atoms with E-state index in [1.807, 2.05) is 19.1 Å². The molecule has 0 saturated carbocycles. The van der Waals surface area contributed by atoms with Gasteiger partial charge in [0.1, 0.15) is 0 Å². The predicted octanol–water partition coefficient (Wildman–Crippen LogP) is 4.14. The van der Waals surface area contributed by atoms with E-state index in [9.17, 15) is 9.36 Å². The lowest BCUT2D eigenvalue weighted by molar-refractivity contribution is 0.102. The molecule has 2 aromatic rings. The molecule has 0 radical (unpaired) electrons. The summed E-state index contributed by atoms with van der Waals surface area (Å²) in [6.07, 6.45) is 0. The molecule has 0 spiro atoms. The van der Waals surface area contributed by atoms with Crippen LogP contribution in [0.4, 0.5) is 5.69 Å². The molecule has 2 rings (SSSR count). The number of hydrogen-bond acceptors (Lipinski definition) is 4. The number of hydrogen-bond donors (Lipinski definition) is 1. The molecule has 0 atom stereocenters. The highest BCUT2D eigenvalue weighted by Crippen LogP contribution is 2.48. The van der Waals surface area contributed by atoms with Crippen molar-refractivity contribution in [3.05, 3.63) is 59.7 Å². The molecule has 6 heteroatoms. The van der Waals surface area contributed by atoms with Crippen molar-refractivity contribution >= 4 is 24.5 Å². The number of benzene rings is 2. The van der Waals surface area contributed by atoms with Gasteiger partial charge in [-0.1, -0.05) is 29.8 Å². The highest BCUT2D eigenvalue weighted by Gasteiger charge is 2.30. The summed E-state index contributed by atoms with van der Waals surface area (Å²) in [7, 11) is -3.50. The Labute approximate surface area is 142 Å². The summed E-state index contributed by atoms with van der Waals surface area (Å²) in [6, 6.07) is 14.1. The molecule has 0 fully saturated rings. The van der Waals surface area contributed by atoms with Gasteiger partial charge in [-0.3, -0.25) is 9.36 Å². The average Bonchev–Trinajstić information content (AvgIpc) is 2.57. The normalized spacial score (nSPS) is 11.3. The minimum Gasteiger partial charge on any atom is -0.321 e. The van der Waals surface area contributed by atoms with E-state index < -0.39 is 7.60 Å². The highest BCUT2D eigenvalue weighted by atomic mass is 31.2. The van der Waals surface area contributed by atoms with Crippen LogP contribution >= 0.6 is 7.60 Å². The second-order valence-electron chi connectivity index (χ2n) is 5.17. The molecule has 128 valence electrons. The summed E-state index contributed by atoms with van der Waals surface area (Å²) in [5, 5.41) is 3.18. The number of carbonyl (C=O) groups excluding carboxylic acids is 1. The lowest BCUT2D eigenvalue weighted by atomic mass is 10.2. The van der Waals surface area contributed by atoms with Gasteiger partial charge in [-0.15, -0.1) is 0 Å². The van der Waals surface area contributed by atoms with Crippen molar-refractivity contribution in [2.75, 3.05) is 18.5 Å². The zero-order valence-corrected chi connectivity index (χ0v) is 15.0. The summed E-state index contributed by atoms with van der Waals surface area (Å²) >= 11 is 0. The van der Waals surface area contributed by atoms with Crippen LogP contribution in [0, 0.1) is 6.92 Å². The number of aryl methyl sites for hydroxylation is 1. The molecule has 5 nitrogen and oxygen atoms in total. The minimum atomic E-state index is -3.50. The van der Waals surface area contributed by atoms with E-state index in [0.29, 0.717) is 16.6 Å². The van der Waals surface area contributed by atoms with Gasteiger partial charge in [0.15, 0.2) is 0 Å². The molecule has 0 aliphatic rings. The van der Waals surface area contributed by atoms with E-state index in [1.54, 1.807) is 50.2 Å². The Morgan fingerprint density at radius 3 is 2.25 bits per heavy atom. The summed E-state index contributed by atoms with van der Waals surface area (Å²) in [4.78, 5) is 12.4. The molecule has 0 heterocycles. The first kappa shape index (κ1) is 18.4. The molecule has 0 bridgehead atoms. The van der Waals surface area contributed by atoms with Crippen LogP contribution in [0.1, 0.15) is 29.8 Å². The number of carbonyl (C=O) groups is 1. The van der Waals surface area contributed by atoms with Crippen LogP contribution in [0.25, 0.3) is 0 Å². The summed E-state index contributed by atoms with van der Waals surface area (Å²) in [5.41, 5.74) is 1.86. The first-order chi connectivity index (χ1) is 11.5. The molecule has 0 aromatic heterocycles. The van der Waals surface area contributed by atoms with Crippen molar-refractivity contribution in [1.82, 2.24) is 0 Å². The maximum atomic E-state index is 13.1. The van der Waals surface area contributed by atoms with Crippen molar-refractivity contribution in [3.8, 4) is 0 Å². The molecule has 24 heavy (non-hydrogen) atoms. The molecule has 2 aromatic carbocycles. The Hall–Kier alpha value is -1.94. The molecule has 0 aliphatic heterocycles. The number of rotatable bonds is 7. The molecule has 1 N–H and O–H groups in total. The summed E-state index contributed by atoms with van der Waals surface area (Å²) in [5.74, 6) is -0.278. The van der Waals surface area contributed by atoms with E-state index in [2.05, 4.69) is 5.32 Å². The smallest absolute Gasteiger partial charge is 0.321 e. The SMILES string of the molecule is CCOP(=O)(OCC)c1cc(C)ccc1NC(=O)c1ccccc1. The van der Waals surface area contributed by atoms with Crippen molar-refractivity contribution in [2.45, 2.75) is 20.8 Å². The third kappa shape index (κ3) is 4.32. The fraction of sp³-hybridized carbons (Fsp3) is 0.278. The second-order valence-corrected chi connectivity index (χ2v) is 7.17. The molecule has 0 aliphatic carbocycles. The van der Waals surface area contributed by atoms with Crippen molar-refractivity contribution in [1.29, 1.82) is 0 Å². The van der Waals surface area contributed by atoms with Gasteiger partial charge in [0.05, 0.1) is 24.2 Å². The van der Waals surface area contributed by atoms with Gasteiger partial charge in [-0.25, -0.2) is 0 Å². The zero-order valence-electron chi connectivity index (χ0n) is 14.1. The number of amides is 1. The van der Waals surface area contributed by atoms with Crippen LogP contribution in [0.5, 0.6) is 0 Å².